The molecule has 0 radical (unpaired) electrons. The van der Waals surface area contributed by atoms with E-state index >= 15 is 0 Å². The summed E-state index contributed by atoms with van der Waals surface area (Å²) in [6.45, 7) is 3.74. The smallest absolute Gasteiger partial charge is 0.422 e. The van der Waals surface area contributed by atoms with Crippen LogP contribution in [0.3, 0.4) is 0 Å². The lowest BCUT2D eigenvalue weighted by molar-refractivity contribution is -0.0303. The third kappa shape index (κ3) is 6.72. The van der Waals surface area contributed by atoms with Crippen molar-refractivity contribution >= 4 is 15.9 Å². The van der Waals surface area contributed by atoms with Gasteiger partial charge in [0.05, 0.1) is 10.9 Å². The molecule has 0 bridgehead atoms. The molecule has 0 spiro atoms. The zero-order valence-electron chi connectivity index (χ0n) is 24.2. The molecule has 2 aromatic carbocycles. The van der Waals surface area contributed by atoms with Gasteiger partial charge in [0, 0.05) is 25.2 Å². The Morgan fingerprint density at radius 2 is 1.65 bits per heavy atom. The highest BCUT2D eigenvalue weighted by molar-refractivity contribution is 7.91. The minimum absolute atomic E-state index is 0.338. The molecule has 2 atom stereocenters. The number of sulfone groups is 1. The zero-order chi connectivity index (χ0) is 30.2. The van der Waals surface area contributed by atoms with Crippen molar-refractivity contribution in [3.05, 3.63) is 65.5 Å². The minimum Gasteiger partial charge on any atom is -0.440 e. The molecule has 1 amide bonds. The van der Waals surface area contributed by atoms with Gasteiger partial charge in [0.2, 0.25) is 0 Å². The molecule has 1 N–H and O–H groups in total. The number of amides is 1. The van der Waals surface area contributed by atoms with Crippen LogP contribution in [0.1, 0.15) is 69.4 Å². The van der Waals surface area contributed by atoms with Crippen LogP contribution in [0.15, 0.2) is 47.4 Å². The molecule has 234 valence electrons. The predicted molar refractivity (Wildman–Crippen MR) is 154 cm³/mol. The number of likely N-dealkylation sites (tertiary alicyclic amines) is 2. The molecule has 6 rings (SSSR count). The number of hydrogen-bond donors (Lipinski definition) is 1. The van der Waals surface area contributed by atoms with Gasteiger partial charge in [0.25, 0.3) is 0 Å². The van der Waals surface area contributed by atoms with Gasteiger partial charge in [-0.3, -0.25) is 10.3 Å². The molecule has 2 aromatic rings. The molecule has 43 heavy (non-hydrogen) atoms. The summed E-state index contributed by atoms with van der Waals surface area (Å²) in [4.78, 5) is 17.1. The fraction of sp³-hybridized carbons (Fsp3) is 0.581. The van der Waals surface area contributed by atoms with Crippen LogP contribution in [0.4, 0.5) is 18.0 Å². The second-order valence-electron chi connectivity index (χ2n) is 12.4. The van der Waals surface area contributed by atoms with Crippen LogP contribution in [-0.2, 0) is 14.6 Å². The molecule has 12 heteroatoms. The van der Waals surface area contributed by atoms with E-state index in [9.17, 15) is 26.4 Å². The van der Waals surface area contributed by atoms with Crippen LogP contribution < -0.4 is 5.43 Å². The van der Waals surface area contributed by atoms with Crippen LogP contribution in [-0.4, -0.2) is 79.1 Å². The van der Waals surface area contributed by atoms with Gasteiger partial charge in [-0.2, -0.15) is 0 Å². The van der Waals surface area contributed by atoms with Crippen molar-refractivity contribution in [2.75, 3.05) is 32.1 Å². The van der Waals surface area contributed by atoms with Crippen molar-refractivity contribution in [1.29, 1.82) is 0 Å². The van der Waals surface area contributed by atoms with E-state index in [1.807, 2.05) is 5.01 Å². The number of carbonyl (C=O) groups excluding carboxylic acids is 1. The fourth-order valence-corrected chi connectivity index (χ4v) is 8.68. The monoisotopic (exact) mass is 620 g/mol. The number of carbonyl (C=O) groups is 1. The summed E-state index contributed by atoms with van der Waals surface area (Å²) in [5, 5.41) is 1.90. The number of benzene rings is 2. The number of piperidine rings is 2. The highest BCUT2D eigenvalue weighted by Gasteiger charge is 2.57. The molecule has 3 aliphatic heterocycles. The maximum Gasteiger partial charge on any atom is 0.422 e. The maximum absolute atomic E-state index is 14.3. The van der Waals surface area contributed by atoms with E-state index in [1.54, 1.807) is 17.0 Å². The Balaban J connectivity index is 1.19. The van der Waals surface area contributed by atoms with Crippen molar-refractivity contribution in [3.8, 4) is 0 Å². The number of rotatable bonds is 8. The maximum atomic E-state index is 14.3. The molecule has 8 nitrogen and oxygen atoms in total. The van der Waals surface area contributed by atoms with Crippen molar-refractivity contribution in [2.45, 2.75) is 86.4 Å². The number of hydrazine groups is 1. The lowest BCUT2D eigenvalue weighted by atomic mass is 9.88. The first kappa shape index (κ1) is 30.4. The lowest BCUT2D eigenvalue weighted by Crippen LogP contribution is -2.55. The van der Waals surface area contributed by atoms with Crippen molar-refractivity contribution in [2.24, 2.45) is 0 Å². The summed E-state index contributed by atoms with van der Waals surface area (Å²) in [6, 6.07) is 8.20. The van der Waals surface area contributed by atoms with Crippen LogP contribution in [0.2, 0.25) is 0 Å². The average Bonchev–Trinajstić information content (AvgIpc) is 3.53. The molecule has 1 saturated carbocycles. The molecule has 0 aromatic heterocycles. The standard InChI is InChI=1S/C31H39F3N4O4S/c32-23-6-3-5-22(19-23)28-7-4-8-29(38(28)21-43(40,41)25-9-10-26(33)27(34)20-25)31(13-14-31)42-30(39)35-37-17-11-24(12-18-37)36-15-1-2-16-36/h3,5-6,9-10,19-20,24,28-29H,1-2,4,7-8,11-18,21H2,(H,35,39)/t28?,29-/m1/s1. The van der Waals surface area contributed by atoms with Gasteiger partial charge in [0.15, 0.2) is 21.5 Å². The largest absolute Gasteiger partial charge is 0.440 e. The fourth-order valence-electron chi connectivity index (χ4n) is 7.22. The van der Waals surface area contributed by atoms with Gasteiger partial charge < -0.3 is 9.64 Å². The highest BCUT2D eigenvalue weighted by Crippen LogP contribution is 2.51. The van der Waals surface area contributed by atoms with E-state index in [0.717, 1.165) is 57.6 Å². The SMILES string of the molecule is O=C(NN1CCC(N2CCCC2)CC1)OC1([C@H]2CCCC(c3cccc(F)c3)N2CS(=O)(=O)c2ccc(F)c(F)c2)CC1. The number of hydrogen-bond acceptors (Lipinski definition) is 7. The van der Waals surface area contributed by atoms with Gasteiger partial charge in [-0.05, 0) is 107 Å². The Hall–Kier alpha value is -2.67. The Kier molecular flexibility index (Phi) is 8.74. The van der Waals surface area contributed by atoms with Crippen LogP contribution >= 0.6 is 0 Å². The molecule has 1 aliphatic carbocycles. The normalized spacial score (nSPS) is 25.5. The topological polar surface area (TPSA) is 82.2 Å². The Labute approximate surface area is 251 Å². The third-order valence-corrected chi connectivity index (χ3v) is 11.2. The Bertz CT molecular complexity index is 1430. The van der Waals surface area contributed by atoms with Crippen LogP contribution in [0.25, 0.3) is 0 Å². The first-order valence-electron chi connectivity index (χ1n) is 15.3. The summed E-state index contributed by atoms with van der Waals surface area (Å²) < 4.78 is 75.1. The average molecular weight is 621 g/mol. The lowest BCUT2D eigenvalue weighted by Gasteiger charge is -2.45. The summed E-state index contributed by atoms with van der Waals surface area (Å²) in [5.41, 5.74) is 2.63. The van der Waals surface area contributed by atoms with Gasteiger partial charge in [-0.25, -0.2) is 31.4 Å². The number of nitrogens with zero attached hydrogens (tertiary/aromatic N) is 3. The van der Waals surface area contributed by atoms with Crippen LogP contribution in [0.5, 0.6) is 0 Å². The van der Waals surface area contributed by atoms with Gasteiger partial charge in [-0.15, -0.1) is 0 Å². The van der Waals surface area contributed by atoms with E-state index in [0.29, 0.717) is 43.4 Å². The van der Waals surface area contributed by atoms with E-state index in [4.69, 9.17) is 4.74 Å². The Morgan fingerprint density at radius 1 is 0.907 bits per heavy atom. The minimum atomic E-state index is -4.12. The predicted octanol–water partition coefficient (Wildman–Crippen LogP) is 5.16. The second-order valence-corrected chi connectivity index (χ2v) is 14.3. The zero-order valence-corrected chi connectivity index (χ0v) is 25.0. The van der Waals surface area contributed by atoms with E-state index < -0.39 is 56.9 Å². The summed E-state index contributed by atoms with van der Waals surface area (Å²) in [6.07, 6.45) is 6.88. The molecular weight excluding hydrogens is 581 g/mol. The van der Waals surface area contributed by atoms with E-state index in [1.165, 1.54) is 25.0 Å². The molecule has 4 fully saturated rings. The molecule has 1 unspecified atom stereocenters. The summed E-state index contributed by atoms with van der Waals surface area (Å²) in [7, 11) is -4.12. The third-order valence-electron chi connectivity index (χ3n) is 9.58. The summed E-state index contributed by atoms with van der Waals surface area (Å²) >= 11 is 0. The quantitative estimate of drug-likeness (QED) is 0.408. The summed E-state index contributed by atoms with van der Waals surface area (Å²) in [5.74, 6) is -3.33. The Morgan fingerprint density at radius 3 is 2.33 bits per heavy atom. The van der Waals surface area contributed by atoms with Crippen molar-refractivity contribution in [1.82, 2.24) is 20.2 Å². The number of ether oxygens (including phenoxy) is 1. The number of halogens is 3. The van der Waals surface area contributed by atoms with E-state index in [-0.39, 0.29) is 4.90 Å². The van der Waals surface area contributed by atoms with Gasteiger partial charge in [-0.1, -0.05) is 12.1 Å². The molecular formula is C31H39F3N4O4S. The second kappa shape index (κ2) is 12.4. The first-order valence-corrected chi connectivity index (χ1v) is 17.0. The van der Waals surface area contributed by atoms with Crippen molar-refractivity contribution in [3.63, 3.8) is 0 Å². The molecule has 4 aliphatic rings. The molecule has 3 saturated heterocycles. The van der Waals surface area contributed by atoms with Crippen molar-refractivity contribution < 1.29 is 31.1 Å². The number of nitrogens with one attached hydrogen (secondary N) is 1. The first-order chi connectivity index (χ1) is 20.6. The van der Waals surface area contributed by atoms with Gasteiger partial charge in [0.1, 0.15) is 17.3 Å². The van der Waals surface area contributed by atoms with Crippen LogP contribution in [0, 0.1) is 17.5 Å². The molecule has 3 heterocycles. The van der Waals surface area contributed by atoms with E-state index in [2.05, 4.69) is 10.3 Å². The highest BCUT2D eigenvalue weighted by atomic mass is 32.2. The van der Waals surface area contributed by atoms with Gasteiger partial charge >= 0.3 is 6.09 Å².